The molecule has 46 heavy (non-hydrogen) atoms. The van der Waals surface area contributed by atoms with Crippen molar-refractivity contribution >= 4 is 0 Å². The zero-order valence-electron chi connectivity index (χ0n) is 24.7. The summed E-state index contributed by atoms with van der Waals surface area (Å²) in [6, 6.07) is 18.9. The van der Waals surface area contributed by atoms with E-state index in [2.05, 4.69) is 6.92 Å². The molecule has 244 valence electrons. The standard InChI is InChI=1S/C35H29F9O2/c1-3-4-22-5-7-23(8-6-22)24-9-11-25(12-10-24)26-19-45-32(46-20-26,27-13-21(2)14-29(15-27)33(36,37)38)28-16-30(34(39,40)41)18-31(17-28)35(42,43)44/h5-18,26H,3-4,19-20H2,1-2H3. The largest absolute Gasteiger partial charge is 0.416 e. The molecule has 1 fully saturated rings. The third-order valence-corrected chi connectivity index (χ3v) is 7.94. The SMILES string of the molecule is CCCc1ccc(-c2ccc(C3COC(c4cc(C)cc(C(F)(F)F)c4)(c4cc(C(F)(F)F)cc(C(F)(F)F)c4)OC3)cc2)cc1. The van der Waals surface area contributed by atoms with Gasteiger partial charge in [0.25, 0.3) is 0 Å². The van der Waals surface area contributed by atoms with Crippen LogP contribution in [0.3, 0.4) is 0 Å². The smallest absolute Gasteiger partial charge is 0.341 e. The Morgan fingerprint density at radius 3 is 1.50 bits per heavy atom. The minimum Gasteiger partial charge on any atom is -0.341 e. The van der Waals surface area contributed by atoms with Gasteiger partial charge in [-0.3, -0.25) is 0 Å². The van der Waals surface area contributed by atoms with Gasteiger partial charge < -0.3 is 9.47 Å². The van der Waals surface area contributed by atoms with Crippen molar-refractivity contribution in [1.29, 1.82) is 0 Å². The number of alkyl halides is 9. The van der Waals surface area contributed by atoms with Gasteiger partial charge in [0, 0.05) is 17.0 Å². The van der Waals surface area contributed by atoms with E-state index in [9.17, 15) is 39.5 Å². The van der Waals surface area contributed by atoms with Gasteiger partial charge in [0.1, 0.15) is 0 Å². The summed E-state index contributed by atoms with van der Waals surface area (Å²) in [5.41, 5.74) is -1.68. The van der Waals surface area contributed by atoms with Gasteiger partial charge in [0.15, 0.2) is 0 Å². The predicted molar refractivity (Wildman–Crippen MR) is 154 cm³/mol. The maximum absolute atomic E-state index is 13.8. The monoisotopic (exact) mass is 652 g/mol. The van der Waals surface area contributed by atoms with Gasteiger partial charge in [-0.25, -0.2) is 0 Å². The zero-order valence-corrected chi connectivity index (χ0v) is 24.7. The van der Waals surface area contributed by atoms with Crippen LogP contribution in [0.15, 0.2) is 84.9 Å². The fourth-order valence-corrected chi connectivity index (χ4v) is 5.60. The first-order valence-electron chi connectivity index (χ1n) is 14.5. The first-order valence-corrected chi connectivity index (χ1v) is 14.5. The molecular weight excluding hydrogens is 623 g/mol. The fraction of sp³-hybridized carbons (Fsp3) is 0.314. The molecule has 0 radical (unpaired) electrons. The van der Waals surface area contributed by atoms with Crippen molar-refractivity contribution < 1.29 is 49.0 Å². The Morgan fingerprint density at radius 1 is 0.609 bits per heavy atom. The Hall–Kier alpha value is -3.83. The lowest BCUT2D eigenvalue weighted by Gasteiger charge is -2.41. The Kier molecular flexibility index (Phi) is 9.04. The molecule has 0 spiro atoms. The average molecular weight is 653 g/mol. The van der Waals surface area contributed by atoms with Crippen molar-refractivity contribution in [2.45, 2.75) is 56.9 Å². The average Bonchev–Trinajstić information content (AvgIpc) is 3.00. The van der Waals surface area contributed by atoms with E-state index in [1.807, 2.05) is 36.4 Å². The Morgan fingerprint density at radius 2 is 1.04 bits per heavy atom. The number of halogens is 9. The molecule has 0 aliphatic carbocycles. The van der Waals surface area contributed by atoms with Crippen molar-refractivity contribution in [2.24, 2.45) is 0 Å². The molecule has 0 unspecified atom stereocenters. The number of rotatable bonds is 6. The zero-order chi connectivity index (χ0) is 33.5. The molecule has 11 heteroatoms. The second kappa shape index (κ2) is 12.4. The Balaban J connectivity index is 1.54. The van der Waals surface area contributed by atoms with Gasteiger partial charge in [-0.05, 0) is 65.9 Å². The van der Waals surface area contributed by atoms with Crippen LogP contribution in [0.25, 0.3) is 11.1 Å². The van der Waals surface area contributed by atoms with Gasteiger partial charge in [-0.1, -0.05) is 73.5 Å². The minimum atomic E-state index is -5.20. The second-order valence-electron chi connectivity index (χ2n) is 11.4. The fourth-order valence-electron chi connectivity index (χ4n) is 5.60. The van der Waals surface area contributed by atoms with Crippen molar-refractivity contribution in [3.05, 3.63) is 129 Å². The van der Waals surface area contributed by atoms with Crippen molar-refractivity contribution in [2.75, 3.05) is 13.2 Å². The maximum Gasteiger partial charge on any atom is 0.416 e. The second-order valence-corrected chi connectivity index (χ2v) is 11.4. The van der Waals surface area contributed by atoms with Crippen molar-refractivity contribution in [3.63, 3.8) is 0 Å². The van der Waals surface area contributed by atoms with E-state index in [1.54, 1.807) is 12.1 Å². The molecule has 0 saturated carbocycles. The summed E-state index contributed by atoms with van der Waals surface area (Å²) < 4.78 is 136. The third-order valence-electron chi connectivity index (χ3n) is 7.94. The molecule has 5 rings (SSSR count). The molecule has 4 aromatic carbocycles. The van der Waals surface area contributed by atoms with Crippen molar-refractivity contribution in [3.8, 4) is 11.1 Å². The predicted octanol–water partition coefficient (Wildman–Crippen LogP) is 10.7. The normalized spacial score (nSPS) is 19.3. The number of hydrogen-bond acceptors (Lipinski definition) is 2. The maximum atomic E-state index is 13.8. The Labute approximate surface area is 259 Å². The molecule has 0 bridgehead atoms. The molecule has 1 aliphatic rings. The highest BCUT2D eigenvalue weighted by Crippen LogP contribution is 2.46. The third kappa shape index (κ3) is 7.10. The van der Waals surface area contributed by atoms with E-state index >= 15 is 0 Å². The van der Waals surface area contributed by atoms with Crippen LogP contribution in [0.1, 0.15) is 63.8 Å². The lowest BCUT2D eigenvalue weighted by Crippen LogP contribution is -2.42. The molecule has 1 saturated heterocycles. The number of hydrogen-bond donors (Lipinski definition) is 0. The molecule has 0 aromatic heterocycles. The van der Waals surface area contributed by atoms with Crippen LogP contribution in [0, 0.1) is 6.92 Å². The summed E-state index contributed by atoms with van der Waals surface area (Å²) in [5, 5.41) is 0. The molecule has 2 nitrogen and oxygen atoms in total. The molecule has 1 aliphatic heterocycles. The van der Waals surface area contributed by atoms with E-state index in [0.29, 0.717) is 23.8 Å². The highest BCUT2D eigenvalue weighted by Gasteiger charge is 2.46. The summed E-state index contributed by atoms with van der Waals surface area (Å²) in [7, 11) is 0. The number of benzene rings is 4. The van der Waals surface area contributed by atoms with Crippen LogP contribution in [0.2, 0.25) is 0 Å². The highest BCUT2D eigenvalue weighted by atomic mass is 19.4. The molecule has 0 amide bonds. The van der Waals surface area contributed by atoms with Crippen LogP contribution in [0.5, 0.6) is 0 Å². The first kappa shape index (κ1) is 33.5. The van der Waals surface area contributed by atoms with Crippen LogP contribution < -0.4 is 0 Å². The van der Waals surface area contributed by atoms with E-state index in [1.165, 1.54) is 18.6 Å². The van der Waals surface area contributed by atoms with Gasteiger partial charge in [-0.15, -0.1) is 0 Å². The summed E-state index contributed by atoms with van der Waals surface area (Å²) in [4.78, 5) is 0. The number of ether oxygens (including phenoxy) is 2. The summed E-state index contributed by atoms with van der Waals surface area (Å²) >= 11 is 0. The Bertz CT molecular complexity index is 1630. The quantitative estimate of drug-likeness (QED) is 0.193. The summed E-state index contributed by atoms with van der Waals surface area (Å²) in [6.07, 6.45) is -13.3. The van der Waals surface area contributed by atoms with Crippen molar-refractivity contribution in [1.82, 2.24) is 0 Å². The van der Waals surface area contributed by atoms with Crippen LogP contribution >= 0.6 is 0 Å². The van der Waals surface area contributed by atoms with E-state index in [0.717, 1.165) is 30.0 Å². The molecule has 0 atom stereocenters. The summed E-state index contributed by atoms with van der Waals surface area (Å²) in [5.74, 6) is -3.02. The van der Waals surface area contributed by atoms with Gasteiger partial charge in [0.2, 0.25) is 5.79 Å². The first-order chi connectivity index (χ1) is 21.5. The van der Waals surface area contributed by atoms with Gasteiger partial charge >= 0.3 is 18.5 Å². The summed E-state index contributed by atoms with van der Waals surface area (Å²) in [6.45, 7) is 2.88. The van der Waals surface area contributed by atoms with Gasteiger partial charge in [-0.2, -0.15) is 39.5 Å². The van der Waals surface area contributed by atoms with Crippen LogP contribution in [-0.2, 0) is 40.2 Å². The molecule has 4 aromatic rings. The molecular formula is C35H29F9O2. The number of aryl methyl sites for hydroxylation is 2. The lowest BCUT2D eigenvalue weighted by molar-refractivity contribution is -0.257. The highest BCUT2D eigenvalue weighted by molar-refractivity contribution is 5.64. The minimum absolute atomic E-state index is 0.0554. The van der Waals surface area contributed by atoms with Gasteiger partial charge in [0.05, 0.1) is 29.9 Å². The topological polar surface area (TPSA) is 18.5 Å². The van der Waals surface area contributed by atoms with E-state index in [-0.39, 0.29) is 30.4 Å². The van der Waals surface area contributed by atoms with Crippen LogP contribution in [0.4, 0.5) is 39.5 Å². The molecule has 1 heterocycles. The molecule has 0 N–H and O–H groups in total. The lowest BCUT2D eigenvalue weighted by atomic mass is 9.89. The van der Waals surface area contributed by atoms with E-state index in [4.69, 9.17) is 9.47 Å². The van der Waals surface area contributed by atoms with Crippen LogP contribution in [-0.4, -0.2) is 13.2 Å². The van der Waals surface area contributed by atoms with E-state index < -0.39 is 52.5 Å².